The molecule has 0 spiro atoms. The maximum atomic E-state index is 11.9. The van der Waals surface area contributed by atoms with Gasteiger partial charge in [0.05, 0.1) is 20.4 Å². The van der Waals surface area contributed by atoms with Gasteiger partial charge in [-0.3, -0.25) is 4.79 Å². The summed E-state index contributed by atoms with van der Waals surface area (Å²) in [6.45, 7) is 2.10. The monoisotopic (exact) mass is 334 g/mol. The van der Waals surface area contributed by atoms with Crippen LogP contribution in [-0.4, -0.2) is 39.0 Å². The molecule has 6 nitrogen and oxygen atoms in total. The third-order valence-electron chi connectivity index (χ3n) is 4.34. The minimum atomic E-state index is -0.127. The molecule has 0 aliphatic heterocycles. The number of nitrogens with one attached hydrogen (secondary N) is 1. The van der Waals surface area contributed by atoms with Crippen molar-refractivity contribution in [3.63, 3.8) is 0 Å². The normalized spacial score (nSPS) is 20.6. The Morgan fingerprint density at radius 1 is 1.25 bits per heavy atom. The average Bonchev–Trinajstić information content (AvgIpc) is 2.60. The molecule has 1 amide bonds. The molecule has 1 aromatic carbocycles. The Hall–Kier alpha value is -2.24. The summed E-state index contributed by atoms with van der Waals surface area (Å²) in [7, 11) is 3.16. The van der Waals surface area contributed by atoms with Crippen molar-refractivity contribution in [3.8, 4) is 11.5 Å². The van der Waals surface area contributed by atoms with E-state index < -0.39 is 0 Å². The van der Waals surface area contributed by atoms with Crippen molar-refractivity contribution in [2.24, 2.45) is 11.1 Å². The molecule has 1 fully saturated rings. The van der Waals surface area contributed by atoms with Crippen molar-refractivity contribution in [3.05, 3.63) is 23.8 Å². The van der Waals surface area contributed by atoms with E-state index in [1.54, 1.807) is 32.6 Å². The number of carbonyl (C=O) groups excluding carboxylic acids is 1. The summed E-state index contributed by atoms with van der Waals surface area (Å²) in [5, 5.41) is 6.87. The van der Waals surface area contributed by atoms with Crippen LogP contribution in [0.25, 0.3) is 0 Å². The van der Waals surface area contributed by atoms with Crippen LogP contribution in [0, 0.1) is 5.92 Å². The second kappa shape index (κ2) is 9.15. The highest BCUT2D eigenvalue weighted by Gasteiger charge is 2.22. The van der Waals surface area contributed by atoms with Gasteiger partial charge in [0.15, 0.2) is 18.1 Å². The van der Waals surface area contributed by atoms with E-state index in [0.717, 1.165) is 12.0 Å². The van der Waals surface area contributed by atoms with Crippen LogP contribution in [0.5, 0.6) is 11.5 Å². The standard InChI is InChI=1S/C18H26N2O4/c1-13-6-4-5-7-15(13)20-18(21)12-24-19-11-14-8-9-16(22-2)17(10-14)23-3/h8-11,13,15H,4-7,12H2,1-3H3,(H,20,21)/b19-11-/t13-,15-/m0/s1. The molecular weight excluding hydrogens is 308 g/mol. The molecule has 0 saturated heterocycles. The van der Waals surface area contributed by atoms with Gasteiger partial charge >= 0.3 is 0 Å². The van der Waals surface area contributed by atoms with Crippen LogP contribution in [0.3, 0.4) is 0 Å². The summed E-state index contributed by atoms with van der Waals surface area (Å²) in [6.07, 6.45) is 6.18. The van der Waals surface area contributed by atoms with Gasteiger partial charge in [-0.1, -0.05) is 24.9 Å². The van der Waals surface area contributed by atoms with E-state index >= 15 is 0 Å². The number of amides is 1. The number of methoxy groups -OCH3 is 2. The van der Waals surface area contributed by atoms with Gasteiger partial charge in [-0.15, -0.1) is 0 Å². The Morgan fingerprint density at radius 2 is 2.00 bits per heavy atom. The van der Waals surface area contributed by atoms with Crippen molar-refractivity contribution in [2.75, 3.05) is 20.8 Å². The van der Waals surface area contributed by atoms with Gasteiger partial charge < -0.3 is 19.6 Å². The molecule has 0 heterocycles. The minimum Gasteiger partial charge on any atom is -0.493 e. The smallest absolute Gasteiger partial charge is 0.261 e. The van der Waals surface area contributed by atoms with E-state index in [0.29, 0.717) is 17.4 Å². The number of rotatable bonds is 7. The summed E-state index contributed by atoms with van der Waals surface area (Å²) < 4.78 is 10.4. The number of hydrogen-bond donors (Lipinski definition) is 1. The Morgan fingerprint density at radius 3 is 2.71 bits per heavy atom. The molecule has 1 aromatic rings. The van der Waals surface area contributed by atoms with Gasteiger partial charge in [-0.05, 0) is 37.0 Å². The fraction of sp³-hybridized carbons (Fsp3) is 0.556. The van der Waals surface area contributed by atoms with Crippen LogP contribution < -0.4 is 14.8 Å². The quantitative estimate of drug-likeness (QED) is 0.615. The molecule has 2 atom stereocenters. The first kappa shape index (κ1) is 18.1. The summed E-state index contributed by atoms with van der Waals surface area (Å²) in [6, 6.07) is 5.66. The first-order chi connectivity index (χ1) is 11.6. The van der Waals surface area contributed by atoms with Crippen molar-refractivity contribution in [1.82, 2.24) is 5.32 Å². The molecule has 2 rings (SSSR count). The molecular formula is C18H26N2O4. The van der Waals surface area contributed by atoms with E-state index in [4.69, 9.17) is 14.3 Å². The van der Waals surface area contributed by atoms with Gasteiger partial charge in [0.25, 0.3) is 5.91 Å². The molecule has 24 heavy (non-hydrogen) atoms. The van der Waals surface area contributed by atoms with Crippen LogP contribution in [0.4, 0.5) is 0 Å². The van der Waals surface area contributed by atoms with Gasteiger partial charge in [-0.2, -0.15) is 0 Å². The average molecular weight is 334 g/mol. The highest BCUT2D eigenvalue weighted by molar-refractivity contribution is 5.81. The first-order valence-corrected chi connectivity index (χ1v) is 8.30. The number of oxime groups is 1. The van der Waals surface area contributed by atoms with Crippen LogP contribution >= 0.6 is 0 Å². The SMILES string of the molecule is COc1ccc(/C=N\OCC(=O)N[C@H]2CCCC[C@@H]2C)cc1OC. The minimum absolute atomic E-state index is 0.0764. The second-order valence-corrected chi connectivity index (χ2v) is 6.06. The number of carbonyl (C=O) groups is 1. The van der Waals surface area contributed by atoms with Crippen LogP contribution in [0.2, 0.25) is 0 Å². The van der Waals surface area contributed by atoms with E-state index in [-0.39, 0.29) is 18.6 Å². The highest BCUT2D eigenvalue weighted by atomic mass is 16.6. The maximum Gasteiger partial charge on any atom is 0.261 e. The largest absolute Gasteiger partial charge is 0.493 e. The zero-order chi connectivity index (χ0) is 17.4. The third kappa shape index (κ3) is 5.15. The molecule has 0 radical (unpaired) electrons. The van der Waals surface area contributed by atoms with E-state index in [1.165, 1.54) is 19.3 Å². The topological polar surface area (TPSA) is 69.2 Å². The number of benzene rings is 1. The Kier molecular flexibility index (Phi) is 6.90. The molecule has 0 aromatic heterocycles. The van der Waals surface area contributed by atoms with Crippen LogP contribution in [-0.2, 0) is 9.63 Å². The van der Waals surface area contributed by atoms with Crippen molar-refractivity contribution in [1.29, 1.82) is 0 Å². The molecule has 6 heteroatoms. The summed E-state index contributed by atoms with van der Waals surface area (Å²) in [5.74, 6) is 1.67. The van der Waals surface area contributed by atoms with Gasteiger partial charge in [0.2, 0.25) is 0 Å². The summed E-state index contributed by atoms with van der Waals surface area (Å²) in [4.78, 5) is 17.0. The van der Waals surface area contributed by atoms with Gasteiger partial charge in [-0.25, -0.2) is 0 Å². The maximum absolute atomic E-state index is 11.9. The molecule has 1 N–H and O–H groups in total. The fourth-order valence-electron chi connectivity index (χ4n) is 2.91. The number of hydrogen-bond acceptors (Lipinski definition) is 5. The Balaban J connectivity index is 1.78. The zero-order valence-corrected chi connectivity index (χ0v) is 14.6. The molecule has 132 valence electrons. The van der Waals surface area contributed by atoms with Crippen molar-refractivity contribution < 1.29 is 19.1 Å². The predicted molar refractivity (Wildman–Crippen MR) is 92.7 cm³/mol. The molecule has 0 bridgehead atoms. The molecule has 1 aliphatic carbocycles. The second-order valence-electron chi connectivity index (χ2n) is 6.06. The number of ether oxygens (including phenoxy) is 2. The first-order valence-electron chi connectivity index (χ1n) is 8.30. The Bertz CT molecular complexity index is 574. The lowest BCUT2D eigenvalue weighted by atomic mass is 9.86. The lowest BCUT2D eigenvalue weighted by Gasteiger charge is -2.29. The van der Waals surface area contributed by atoms with Gasteiger partial charge in [0, 0.05) is 11.6 Å². The van der Waals surface area contributed by atoms with Crippen LogP contribution in [0.15, 0.2) is 23.4 Å². The lowest BCUT2D eigenvalue weighted by Crippen LogP contribution is -2.42. The van der Waals surface area contributed by atoms with Crippen molar-refractivity contribution in [2.45, 2.75) is 38.6 Å². The van der Waals surface area contributed by atoms with E-state index in [2.05, 4.69) is 17.4 Å². The zero-order valence-electron chi connectivity index (χ0n) is 14.6. The third-order valence-corrected chi connectivity index (χ3v) is 4.34. The predicted octanol–water partition coefficient (Wildman–Crippen LogP) is 2.75. The molecule has 1 saturated carbocycles. The van der Waals surface area contributed by atoms with Crippen molar-refractivity contribution >= 4 is 12.1 Å². The van der Waals surface area contributed by atoms with Gasteiger partial charge in [0.1, 0.15) is 0 Å². The highest BCUT2D eigenvalue weighted by Crippen LogP contribution is 2.27. The summed E-state index contributed by atoms with van der Waals surface area (Å²) in [5.41, 5.74) is 0.800. The fourth-order valence-corrected chi connectivity index (χ4v) is 2.91. The lowest BCUT2D eigenvalue weighted by molar-refractivity contribution is -0.126. The summed E-state index contributed by atoms with van der Waals surface area (Å²) >= 11 is 0. The Labute approximate surface area is 143 Å². The number of nitrogens with zero attached hydrogens (tertiary/aromatic N) is 1. The van der Waals surface area contributed by atoms with E-state index in [9.17, 15) is 4.79 Å². The van der Waals surface area contributed by atoms with Crippen LogP contribution in [0.1, 0.15) is 38.2 Å². The molecule has 1 aliphatic rings. The molecule has 0 unspecified atom stereocenters. The van der Waals surface area contributed by atoms with E-state index in [1.807, 2.05) is 6.07 Å².